The third kappa shape index (κ3) is 2.13. The molecular weight excluding hydrogens is 238 g/mol. The highest BCUT2D eigenvalue weighted by Gasteiger charge is 2.51. The summed E-state index contributed by atoms with van der Waals surface area (Å²) in [5.74, 6) is 0. The molecule has 13 heteroatoms. The fourth-order valence-electron chi connectivity index (χ4n) is 0.401. The minimum absolute atomic E-state index is 3.59. The van der Waals surface area contributed by atoms with E-state index in [-0.39, 0.29) is 0 Å². The van der Waals surface area contributed by atoms with Crippen LogP contribution in [0.15, 0.2) is 0 Å². The van der Waals surface area contributed by atoms with Crippen molar-refractivity contribution >= 4 is 15.6 Å². The van der Waals surface area contributed by atoms with E-state index in [0.29, 0.717) is 0 Å². The normalized spacial score (nSPS) is 30.8. The molecule has 2 aliphatic rings. The molecule has 0 aromatic heterocycles. The lowest BCUT2D eigenvalue weighted by Gasteiger charge is -2.04. The summed E-state index contributed by atoms with van der Waals surface area (Å²) in [7, 11) is -8.60. The molecule has 2 heterocycles. The third-order valence-electron chi connectivity index (χ3n) is 0.742. The minimum Gasteiger partial charge on any atom is -0.222 e. The van der Waals surface area contributed by atoms with Crippen molar-refractivity contribution in [3.63, 3.8) is 0 Å². The molecule has 0 amide bonds. The van der Waals surface area contributed by atoms with Crippen molar-refractivity contribution in [3.8, 4) is 0 Å². The zero-order valence-corrected chi connectivity index (χ0v) is 7.17. The fraction of sp³-hybridized carbons (Fsp3) is 0. The van der Waals surface area contributed by atoms with Gasteiger partial charge in [0.15, 0.2) is 0 Å². The molecule has 2 rings (SSSR count). The van der Waals surface area contributed by atoms with E-state index >= 15 is 0 Å². The highest BCUT2D eigenvalue weighted by atomic mass is 31.3. The average Bonchev–Trinajstić information content (AvgIpc) is 2.60. The molecule has 13 heavy (non-hydrogen) atoms. The van der Waals surface area contributed by atoms with Gasteiger partial charge in [-0.1, -0.05) is 18.7 Å². The second-order valence-corrected chi connectivity index (χ2v) is 4.58. The summed E-state index contributed by atoms with van der Waals surface area (Å²) >= 11 is 0. The van der Waals surface area contributed by atoms with E-state index < -0.39 is 15.6 Å². The largest absolute Gasteiger partial charge is 0.543 e. The predicted molar refractivity (Wildman–Crippen MR) is 25.0 cm³/mol. The lowest BCUT2D eigenvalue weighted by atomic mass is 14.4. The summed E-state index contributed by atoms with van der Waals surface area (Å²) in [5.41, 5.74) is 0. The Labute approximate surface area is 69.1 Å². The van der Waals surface area contributed by atoms with E-state index in [0.717, 1.165) is 0 Å². The summed E-state index contributed by atoms with van der Waals surface area (Å²) in [6.07, 6.45) is 0. The Kier molecular flexibility index (Phi) is 2.49. The molecule has 0 atom stereocenters. The van der Waals surface area contributed by atoms with E-state index in [1.807, 2.05) is 0 Å². The van der Waals surface area contributed by atoms with E-state index in [1.165, 1.54) is 0 Å². The lowest BCUT2D eigenvalue weighted by Crippen LogP contribution is -1.89. The van der Waals surface area contributed by atoms with E-state index in [2.05, 4.69) is 43.2 Å². The van der Waals surface area contributed by atoms with Gasteiger partial charge in [0.1, 0.15) is 0 Å². The van der Waals surface area contributed by atoms with Crippen molar-refractivity contribution in [2.24, 2.45) is 0 Å². The van der Waals surface area contributed by atoms with Gasteiger partial charge in [-0.3, -0.25) is 0 Å². The first kappa shape index (κ1) is 9.65. The maximum atomic E-state index is 11.0. The summed E-state index contributed by atoms with van der Waals surface area (Å²) < 4.78 is 41.4. The molecule has 76 valence electrons. The smallest absolute Gasteiger partial charge is 0.222 e. The van der Waals surface area contributed by atoms with E-state index in [1.54, 1.807) is 0 Å². The van der Waals surface area contributed by atoms with Crippen molar-refractivity contribution in [2.75, 3.05) is 0 Å². The van der Waals surface area contributed by atoms with Crippen LogP contribution in [0.5, 0.6) is 0 Å². The Morgan fingerprint density at radius 3 is 1.31 bits per heavy atom. The summed E-state index contributed by atoms with van der Waals surface area (Å²) in [6.45, 7) is 0. The molecule has 0 unspecified atom stereocenters. The Bertz CT molecular complexity index is 230. The van der Waals surface area contributed by atoms with Crippen LogP contribution in [-0.2, 0) is 52.3 Å². The molecule has 0 aliphatic carbocycles. The van der Waals surface area contributed by atoms with Crippen LogP contribution in [0.2, 0.25) is 0 Å². The van der Waals surface area contributed by atoms with E-state index in [4.69, 9.17) is 0 Å². The average molecular weight is 238 g/mol. The third-order valence-corrected chi connectivity index (χ3v) is 3.32. The SMILES string of the molecule is O=P1(OP2(=O)OOOO2)OOOO1. The molecule has 2 aliphatic heterocycles. The second kappa shape index (κ2) is 3.35. The maximum absolute atomic E-state index is 11.0. The van der Waals surface area contributed by atoms with Gasteiger partial charge in [-0.2, -0.15) is 4.31 Å². The quantitative estimate of drug-likeness (QED) is 0.503. The molecule has 2 fully saturated rings. The fourth-order valence-corrected chi connectivity index (χ4v) is 2.26. The number of hydrogen-bond acceptors (Lipinski definition) is 11. The summed E-state index contributed by atoms with van der Waals surface area (Å²) in [6, 6.07) is 0. The zero-order valence-electron chi connectivity index (χ0n) is 5.39. The standard InChI is InChI=1S/O11P2/c1-12(7-3-4-8-12)11-13(2)9-5-6-10-13. The van der Waals surface area contributed by atoms with Gasteiger partial charge in [0.05, 0.1) is 0 Å². The number of phosphoric acid groups is 2. The molecule has 0 spiro atoms. The van der Waals surface area contributed by atoms with Gasteiger partial charge < -0.3 is 0 Å². The van der Waals surface area contributed by atoms with Crippen LogP contribution >= 0.6 is 15.6 Å². The molecule has 0 radical (unpaired) electrons. The maximum Gasteiger partial charge on any atom is 0.543 e. The molecule has 0 N–H and O–H groups in total. The Balaban J connectivity index is 2.04. The first-order valence-corrected chi connectivity index (χ1v) is 5.38. The van der Waals surface area contributed by atoms with Gasteiger partial charge in [-0.15, -0.1) is 0 Å². The van der Waals surface area contributed by atoms with Crippen molar-refractivity contribution < 1.29 is 52.3 Å². The van der Waals surface area contributed by atoms with Crippen LogP contribution in [-0.4, -0.2) is 0 Å². The first-order valence-electron chi connectivity index (χ1n) is 2.46. The highest BCUT2D eigenvalue weighted by molar-refractivity contribution is 7.62. The van der Waals surface area contributed by atoms with Crippen LogP contribution in [0, 0.1) is 0 Å². The monoisotopic (exact) mass is 238 g/mol. The number of hydrogen-bond donors (Lipinski definition) is 0. The Morgan fingerprint density at radius 2 is 1.00 bits per heavy atom. The van der Waals surface area contributed by atoms with Crippen molar-refractivity contribution in [2.45, 2.75) is 0 Å². The van der Waals surface area contributed by atoms with Gasteiger partial charge >= 0.3 is 15.6 Å². The summed E-state index contributed by atoms with van der Waals surface area (Å²) in [4.78, 5) is 0. The minimum atomic E-state index is -4.30. The molecule has 0 aromatic rings. The van der Waals surface area contributed by atoms with Gasteiger partial charge in [-0.05, 0) is 20.2 Å². The Morgan fingerprint density at radius 1 is 0.692 bits per heavy atom. The first-order chi connectivity index (χ1) is 6.12. The molecule has 2 saturated heterocycles. The van der Waals surface area contributed by atoms with Crippen LogP contribution in [0.4, 0.5) is 0 Å². The van der Waals surface area contributed by atoms with Gasteiger partial charge in [0.25, 0.3) is 0 Å². The molecule has 11 nitrogen and oxygen atoms in total. The summed E-state index contributed by atoms with van der Waals surface area (Å²) in [5, 5.41) is 14.4. The lowest BCUT2D eigenvalue weighted by molar-refractivity contribution is -0.532. The van der Waals surface area contributed by atoms with Gasteiger partial charge in [0.2, 0.25) is 0 Å². The molecule has 0 saturated carbocycles. The van der Waals surface area contributed by atoms with Crippen LogP contribution < -0.4 is 0 Å². The van der Waals surface area contributed by atoms with Crippen molar-refractivity contribution in [3.05, 3.63) is 0 Å². The number of rotatable bonds is 2. The van der Waals surface area contributed by atoms with Crippen LogP contribution in [0.25, 0.3) is 0 Å². The second-order valence-electron chi connectivity index (χ2n) is 1.55. The van der Waals surface area contributed by atoms with Crippen molar-refractivity contribution in [1.82, 2.24) is 0 Å². The van der Waals surface area contributed by atoms with Crippen LogP contribution in [0.3, 0.4) is 0 Å². The molecule has 0 bridgehead atoms. The molecule has 0 aromatic carbocycles. The van der Waals surface area contributed by atoms with Crippen LogP contribution in [0.1, 0.15) is 0 Å². The zero-order chi connectivity index (χ0) is 9.36. The van der Waals surface area contributed by atoms with Gasteiger partial charge in [-0.25, -0.2) is 9.13 Å². The molecular formula is O11P2. The van der Waals surface area contributed by atoms with Gasteiger partial charge in [0, 0.05) is 0 Å². The predicted octanol–water partition coefficient (Wildman–Crippen LogP) is 0.869. The topological polar surface area (TPSA) is 117 Å². The van der Waals surface area contributed by atoms with E-state index in [9.17, 15) is 9.13 Å². The van der Waals surface area contributed by atoms with Crippen molar-refractivity contribution in [1.29, 1.82) is 0 Å². The highest BCUT2D eigenvalue weighted by Crippen LogP contribution is 2.69. The Hall–Kier alpha value is 0.100.